The fourth-order valence-electron chi connectivity index (χ4n) is 2.19. The maximum atomic E-state index is 13.9. The fraction of sp³-hybridized carbons (Fsp3) is 0.333. The lowest BCUT2D eigenvalue weighted by atomic mass is 10.1. The Kier molecular flexibility index (Phi) is 4.22. The molecular formula is C15H18FNO2. The molecule has 0 aliphatic rings. The average molecular weight is 263 g/mol. The molecule has 0 radical (unpaired) electrons. The van der Waals surface area contributed by atoms with Crippen LogP contribution in [0.25, 0.3) is 0 Å². The van der Waals surface area contributed by atoms with Crippen molar-refractivity contribution in [1.29, 1.82) is 0 Å². The molecule has 1 aromatic carbocycles. The van der Waals surface area contributed by atoms with E-state index >= 15 is 0 Å². The van der Waals surface area contributed by atoms with Crippen molar-refractivity contribution in [2.45, 2.75) is 25.9 Å². The standard InChI is InChI=1S/C15H18FNO2/c1-10(13-8-5-9-19-13)17-11(2)15-12(16)6-4-7-14(15)18-3/h4-11,17H,1-3H3/t10-,11?/m1/s1. The lowest BCUT2D eigenvalue weighted by molar-refractivity contribution is 0.371. The van der Waals surface area contributed by atoms with Crippen LogP contribution in [0.4, 0.5) is 4.39 Å². The molecule has 0 saturated carbocycles. The molecule has 1 N–H and O–H groups in total. The molecule has 2 aromatic rings. The van der Waals surface area contributed by atoms with Crippen LogP contribution in [-0.2, 0) is 0 Å². The first-order valence-electron chi connectivity index (χ1n) is 6.25. The van der Waals surface area contributed by atoms with Gasteiger partial charge in [-0.1, -0.05) is 6.07 Å². The van der Waals surface area contributed by atoms with Crippen molar-refractivity contribution in [3.8, 4) is 5.75 Å². The minimum absolute atomic E-state index is 0.00527. The van der Waals surface area contributed by atoms with E-state index in [1.54, 1.807) is 25.5 Å². The van der Waals surface area contributed by atoms with Gasteiger partial charge in [-0.15, -0.1) is 0 Å². The summed E-state index contributed by atoms with van der Waals surface area (Å²) in [6.07, 6.45) is 1.63. The highest BCUT2D eigenvalue weighted by Gasteiger charge is 2.19. The van der Waals surface area contributed by atoms with Crippen molar-refractivity contribution in [3.63, 3.8) is 0 Å². The third-order valence-electron chi connectivity index (χ3n) is 3.14. The molecule has 0 bridgehead atoms. The van der Waals surface area contributed by atoms with Crippen LogP contribution in [0.3, 0.4) is 0 Å². The number of hydrogen-bond acceptors (Lipinski definition) is 3. The highest BCUT2D eigenvalue weighted by molar-refractivity contribution is 5.37. The molecule has 0 aliphatic heterocycles. The third-order valence-corrected chi connectivity index (χ3v) is 3.14. The van der Waals surface area contributed by atoms with Gasteiger partial charge in [0.2, 0.25) is 0 Å². The molecule has 0 aliphatic carbocycles. The maximum absolute atomic E-state index is 13.9. The molecule has 3 nitrogen and oxygen atoms in total. The van der Waals surface area contributed by atoms with Crippen LogP contribution < -0.4 is 10.1 Å². The van der Waals surface area contributed by atoms with Gasteiger partial charge in [0.15, 0.2) is 0 Å². The van der Waals surface area contributed by atoms with Gasteiger partial charge >= 0.3 is 0 Å². The number of halogens is 1. The lowest BCUT2D eigenvalue weighted by Gasteiger charge is -2.21. The summed E-state index contributed by atoms with van der Waals surface area (Å²) in [7, 11) is 1.54. The smallest absolute Gasteiger partial charge is 0.131 e. The van der Waals surface area contributed by atoms with Gasteiger partial charge in [-0.2, -0.15) is 0 Å². The monoisotopic (exact) mass is 263 g/mol. The minimum Gasteiger partial charge on any atom is -0.496 e. The molecule has 1 aromatic heterocycles. The van der Waals surface area contributed by atoms with Crippen LogP contribution in [0, 0.1) is 5.82 Å². The molecule has 1 unspecified atom stereocenters. The SMILES string of the molecule is COc1cccc(F)c1C(C)N[C@H](C)c1ccco1. The number of furan rings is 1. The number of benzene rings is 1. The number of ether oxygens (including phenoxy) is 1. The first-order chi connectivity index (χ1) is 9.13. The van der Waals surface area contributed by atoms with Crippen molar-refractivity contribution in [2.24, 2.45) is 0 Å². The predicted octanol–water partition coefficient (Wildman–Crippen LogP) is 3.84. The van der Waals surface area contributed by atoms with E-state index < -0.39 is 0 Å². The van der Waals surface area contributed by atoms with Crippen LogP contribution in [0.5, 0.6) is 5.75 Å². The molecule has 19 heavy (non-hydrogen) atoms. The molecular weight excluding hydrogens is 245 g/mol. The van der Waals surface area contributed by atoms with Crippen molar-refractivity contribution >= 4 is 0 Å². The summed E-state index contributed by atoms with van der Waals surface area (Å²) in [5.74, 6) is 1.10. The molecule has 2 rings (SSSR count). The largest absolute Gasteiger partial charge is 0.496 e. The van der Waals surface area contributed by atoms with Gasteiger partial charge in [-0.3, -0.25) is 0 Å². The minimum atomic E-state index is -0.272. The second kappa shape index (κ2) is 5.89. The summed E-state index contributed by atoms with van der Waals surface area (Å²) >= 11 is 0. The molecule has 0 fully saturated rings. The summed E-state index contributed by atoms with van der Waals surface area (Å²) in [6.45, 7) is 3.88. The van der Waals surface area contributed by atoms with E-state index in [0.29, 0.717) is 11.3 Å². The maximum Gasteiger partial charge on any atom is 0.131 e. The first kappa shape index (κ1) is 13.6. The van der Waals surface area contributed by atoms with Crippen LogP contribution in [-0.4, -0.2) is 7.11 Å². The summed E-state index contributed by atoms with van der Waals surface area (Å²) in [4.78, 5) is 0. The number of rotatable bonds is 5. The second-order valence-electron chi connectivity index (χ2n) is 4.48. The summed E-state index contributed by atoms with van der Waals surface area (Å²) in [6, 6.07) is 8.37. The molecule has 0 spiro atoms. The van der Waals surface area contributed by atoms with Gasteiger partial charge in [0.1, 0.15) is 17.3 Å². The number of methoxy groups -OCH3 is 1. The van der Waals surface area contributed by atoms with Crippen LogP contribution in [0.15, 0.2) is 41.0 Å². The van der Waals surface area contributed by atoms with Gasteiger partial charge in [-0.25, -0.2) is 4.39 Å². The lowest BCUT2D eigenvalue weighted by Crippen LogP contribution is -2.23. The highest BCUT2D eigenvalue weighted by atomic mass is 19.1. The van der Waals surface area contributed by atoms with Gasteiger partial charge in [0, 0.05) is 11.6 Å². The van der Waals surface area contributed by atoms with E-state index in [0.717, 1.165) is 5.76 Å². The first-order valence-corrected chi connectivity index (χ1v) is 6.25. The Hall–Kier alpha value is -1.81. The molecule has 0 saturated heterocycles. The van der Waals surface area contributed by atoms with E-state index in [-0.39, 0.29) is 17.9 Å². The van der Waals surface area contributed by atoms with E-state index in [1.807, 2.05) is 26.0 Å². The van der Waals surface area contributed by atoms with E-state index in [2.05, 4.69) is 5.32 Å². The van der Waals surface area contributed by atoms with E-state index in [1.165, 1.54) is 6.07 Å². The molecule has 0 amide bonds. The normalized spacial score (nSPS) is 14.1. The van der Waals surface area contributed by atoms with Crippen molar-refractivity contribution in [1.82, 2.24) is 5.32 Å². The van der Waals surface area contributed by atoms with Gasteiger partial charge < -0.3 is 14.5 Å². The Morgan fingerprint density at radius 1 is 1.16 bits per heavy atom. The van der Waals surface area contributed by atoms with Gasteiger partial charge in [0.25, 0.3) is 0 Å². The van der Waals surface area contributed by atoms with Gasteiger partial charge in [-0.05, 0) is 38.1 Å². The zero-order valence-electron chi connectivity index (χ0n) is 11.3. The number of hydrogen-bond donors (Lipinski definition) is 1. The molecule has 102 valence electrons. The van der Waals surface area contributed by atoms with E-state index in [4.69, 9.17) is 9.15 Å². The Morgan fingerprint density at radius 3 is 2.58 bits per heavy atom. The average Bonchev–Trinajstić information content (AvgIpc) is 2.92. The Morgan fingerprint density at radius 2 is 1.95 bits per heavy atom. The van der Waals surface area contributed by atoms with Crippen molar-refractivity contribution in [3.05, 3.63) is 53.7 Å². The van der Waals surface area contributed by atoms with Crippen molar-refractivity contribution in [2.75, 3.05) is 7.11 Å². The third kappa shape index (κ3) is 2.96. The summed E-state index contributed by atoms with van der Waals surface area (Å²) < 4.78 is 24.5. The fourth-order valence-corrected chi connectivity index (χ4v) is 2.19. The van der Waals surface area contributed by atoms with Gasteiger partial charge in [0.05, 0.1) is 19.4 Å². The highest BCUT2D eigenvalue weighted by Crippen LogP contribution is 2.29. The summed E-state index contributed by atoms with van der Waals surface area (Å²) in [5.41, 5.74) is 0.531. The summed E-state index contributed by atoms with van der Waals surface area (Å²) in [5, 5.41) is 3.30. The Balaban J connectivity index is 2.18. The zero-order valence-corrected chi connectivity index (χ0v) is 11.3. The molecule has 1 heterocycles. The van der Waals surface area contributed by atoms with Crippen LogP contribution >= 0.6 is 0 Å². The van der Waals surface area contributed by atoms with Crippen LogP contribution in [0.2, 0.25) is 0 Å². The molecule has 4 heteroatoms. The quantitative estimate of drug-likeness (QED) is 0.890. The predicted molar refractivity (Wildman–Crippen MR) is 71.6 cm³/mol. The molecule has 2 atom stereocenters. The van der Waals surface area contributed by atoms with Crippen molar-refractivity contribution < 1.29 is 13.5 Å². The number of nitrogens with one attached hydrogen (secondary N) is 1. The topological polar surface area (TPSA) is 34.4 Å². The Labute approximate surface area is 112 Å². The van der Waals surface area contributed by atoms with Crippen LogP contribution in [0.1, 0.15) is 37.3 Å². The zero-order chi connectivity index (χ0) is 13.8. The second-order valence-corrected chi connectivity index (χ2v) is 4.48. The Bertz CT molecular complexity index is 525. The van der Waals surface area contributed by atoms with E-state index in [9.17, 15) is 4.39 Å².